The minimum atomic E-state index is -0.128. The standard InChI is InChI=1S/C17H24FNS2/c18-16-3-1-14(2-4-16)11-15-5-7-19(8-6-15)17-12-20-9-10-21-13-17/h1-4,15,17H,5-13H2. The van der Waals surface area contributed by atoms with Crippen LogP contribution in [0.2, 0.25) is 0 Å². The van der Waals surface area contributed by atoms with Crippen LogP contribution in [0.1, 0.15) is 18.4 Å². The number of rotatable bonds is 3. The summed E-state index contributed by atoms with van der Waals surface area (Å²) in [6.07, 6.45) is 3.70. The van der Waals surface area contributed by atoms with Crippen LogP contribution >= 0.6 is 23.5 Å². The van der Waals surface area contributed by atoms with E-state index in [4.69, 9.17) is 0 Å². The lowest BCUT2D eigenvalue weighted by Crippen LogP contribution is -2.44. The van der Waals surface area contributed by atoms with Gasteiger partial charge in [0, 0.05) is 29.1 Å². The van der Waals surface area contributed by atoms with E-state index in [1.54, 1.807) is 12.1 Å². The lowest BCUT2D eigenvalue weighted by molar-refractivity contribution is 0.154. The van der Waals surface area contributed by atoms with Gasteiger partial charge in [-0.2, -0.15) is 23.5 Å². The van der Waals surface area contributed by atoms with E-state index < -0.39 is 0 Å². The molecule has 2 aliphatic heterocycles. The van der Waals surface area contributed by atoms with Gasteiger partial charge >= 0.3 is 0 Å². The van der Waals surface area contributed by atoms with Gasteiger partial charge in [0.25, 0.3) is 0 Å². The molecule has 2 heterocycles. The number of nitrogens with zero attached hydrogens (tertiary/aromatic N) is 1. The molecule has 116 valence electrons. The third-order valence-corrected chi connectivity index (χ3v) is 7.08. The molecule has 4 heteroatoms. The molecule has 0 aliphatic carbocycles. The van der Waals surface area contributed by atoms with Gasteiger partial charge in [-0.15, -0.1) is 0 Å². The number of hydrogen-bond donors (Lipinski definition) is 0. The molecule has 0 bridgehead atoms. The Labute approximate surface area is 136 Å². The minimum Gasteiger partial charge on any atom is -0.299 e. The second kappa shape index (κ2) is 7.89. The Morgan fingerprint density at radius 3 is 2.24 bits per heavy atom. The number of halogens is 1. The molecule has 1 nitrogen and oxygen atoms in total. The van der Waals surface area contributed by atoms with Gasteiger partial charge in [-0.05, 0) is 56.0 Å². The van der Waals surface area contributed by atoms with Gasteiger partial charge in [-0.1, -0.05) is 12.1 Å². The maximum absolute atomic E-state index is 12.9. The molecule has 0 radical (unpaired) electrons. The average Bonchev–Trinajstić information content (AvgIpc) is 2.80. The second-order valence-electron chi connectivity index (χ2n) is 6.11. The van der Waals surface area contributed by atoms with E-state index in [1.165, 1.54) is 54.5 Å². The smallest absolute Gasteiger partial charge is 0.123 e. The van der Waals surface area contributed by atoms with Gasteiger partial charge in [0.1, 0.15) is 5.82 Å². The van der Waals surface area contributed by atoms with Crippen molar-refractivity contribution in [1.29, 1.82) is 0 Å². The molecule has 0 atom stereocenters. The van der Waals surface area contributed by atoms with Gasteiger partial charge < -0.3 is 0 Å². The molecule has 2 saturated heterocycles. The Kier molecular flexibility index (Phi) is 5.90. The van der Waals surface area contributed by atoms with Crippen molar-refractivity contribution in [2.45, 2.75) is 25.3 Å². The highest BCUT2D eigenvalue weighted by Crippen LogP contribution is 2.27. The van der Waals surface area contributed by atoms with Crippen LogP contribution in [0, 0.1) is 11.7 Å². The van der Waals surface area contributed by atoms with Crippen LogP contribution in [-0.2, 0) is 6.42 Å². The summed E-state index contributed by atoms with van der Waals surface area (Å²) in [6.45, 7) is 2.50. The van der Waals surface area contributed by atoms with Crippen molar-refractivity contribution in [3.8, 4) is 0 Å². The van der Waals surface area contributed by atoms with Crippen molar-refractivity contribution in [3.05, 3.63) is 35.6 Å². The molecule has 0 saturated carbocycles. The van der Waals surface area contributed by atoms with Gasteiger partial charge in [0.2, 0.25) is 0 Å². The van der Waals surface area contributed by atoms with Crippen molar-refractivity contribution in [2.75, 3.05) is 36.1 Å². The molecule has 0 N–H and O–H groups in total. The quantitative estimate of drug-likeness (QED) is 0.829. The summed E-state index contributed by atoms with van der Waals surface area (Å²) in [5.74, 6) is 5.92. The number of piperidine rings is 1. The number of likely N-dealkylation sites (tertiary alicyclic amines) is 1. The fourth-order valence-electron chi connectivity index (χ4n) is 3.29. The second-order valence-corrected chi connectivity index (χ2v) is 8.41. The highest BCUT2D eigenvalue weighted by Gasteiger charge is 2.26. The van der Waals surface area contributed by atoms with E-state index in [1.807, 2.05) is 12.1 Å². The maximum Gasteiger partial charge on any atom is 0.123 e. The molecule has 2 aliphatic rings. The minimum absolute atomic E-state index is 0.128. The largest absolute Gasteiger partial charge is 0.299 e. The third kappa shape index (κ3) is 4.64. The summed E-state index contributed by atoms with van der Waals surface area (Å²) in [6, 6.07) is 7.85. The van der Waals surface area contributed by atoms with Gasteiger partial charge in [0.15, 0.2) is 0 Å². The van der Waals surface area contributed by atoms with Crippen molar-refractivity contribution < 1.29 is 4.39 Å². The lowest BCUT2D eigenvalue weighted by Gasteiger charge is -2.37. The number of thioether (sulfide) groups is 2. The first-order valence-electron chi connectivity index (χ1n) is 7.95. The van der Waals surface area contributed by atoms with Crippen LogP contribution in [0.5, 0.6) is 0 Å². The SMILES string of the molecule is Fc1ccc(CC2CCN(C3CSCCSC3)CC2)cc1. The van der Waals surface area contributed by atoms with Crippen molar-refractivity contribution in [3.63, 3.8) is 0 Å². The van der Waals surface area contributed by atoms with Gasteiger partial charge in [0.05, 0.1) is 0 Å². The van der Waals surface area contributed by atoms with E-state index in [0.717, 1.165) is 18.4 Å². The first-order chi connectivity index (χ1) is 10.3. The normalized spacial score (nSPS) is 23.1. The van der Waals surface area contributed by atoms with E-state index in [2.05, 4.69) is 28.4 Å². The Balaban J connectivity index is 1.47. The Morgan fingerprint density at radius 2 is 1.62 bits per heavy atom. The summed E-state index contributed by atoms with van der Waals surface area (Å²) >= 11 is 4.25. The predicted molar refractivity (Wildman–Crippen MR) is 92.8 cm³/mol. The highest BCUT2D eigenvalue weighted by atomic mass is 32.2. The highest BCUT2D eigenvalue weighted by molar-refractivity contribution is 8.03. The summed E-state index contributed by atoms with van der Waals surface area (Å²) in [7, 11) is 0. The number of benzene rings is 1. The summed E-state index contributed by atoms with van der Waals surface area (Å²) < 4.78 is 12.9. The van der Waals surface area contributed by atoms with E-state index in [9.17, 15) is 4.39 Å². The molecule has 0 aromatic heterocycles. The van der Waals surface area contributed by atoms with Crippen LogP contribution in [0.25, 0.3) is 0 Å². The molecule has 21 heavy (non-hydrogen) atoms. The van der Waals surface area contributed by atoms with Gasteiger partial charge in [-0.3, -0.25) is 4.90 Å². The van der Waals surface area contributed by atoms with Crippen LogP contribution in [0.3, 0.4) is 0 Å². The summed E-state index contributed by atoms with van der Waals surface area (Å²) in [5.41, 5.74) is 1.29. The molecular weight excluding hydrogens is 301 g/mol. The van der Waals surface area contributed by atoms with Crippen LogP contribution < -0.4 is 0 Å². The molecule has 0 spiro atoms. The zero-order valence-electron chi connectivity index (χ0n) is 12.5. The van der Waals surface area contributed by atoms with Crippen LogP contribution in [0.15, 0.2) is 24.3 Å². The average molecular weight is 326 g/mol. The fraction of sp³-hybridized carbons (Fsp3) is 0.647. The molecule has 0 amide bonds. The van der Waals surface area contributed by atoms with E-state index >= 15 is 0 Å². The summed E-state index contributed by atoms with van der Waals surface area (Å²) in [5, 5.41) is 0. The maximum atomic E-state index is 12.9. The molecule has 3 rings (SSSR count). The lowest BCUT2D eigenvalue weighted by atomic mass is 9.90. The van der Waals surface area contributed by atoms with E-state index in [-0.39, 0.29) is 5.82 Å². The van der Waals surface area contributed by atoms with Crippen molar-refractivity contribution in [1.82, 2.24) is 4.90 Å². The summed E-state index contributed by atoms with van der Waals surface area (Å²) in [4.78, 5) is 2.71. The molecule has 1 aromatic carbocycles. The zero-order valence-corrected chi connectivity index (χ0v) is 14.1. The monoisotopic (exact) mass is 325 g/mol. The number of hydrogen-bond acceptors (Lipinski definition) is 3. The topological polar surface area (TPSA) is 3.24 Å². The Morgan fingerprint density at radius 1 is 1.00 bits per heavy atom. The first kappa shape index (κ1) is 15.7. The first-order valence-corrected chi connectivity index (χ1v) is 10.3. The van der Waals surface area contributed by atoms with Crippen molar-refractivity contribution >= 4 is 23.5 Å². The van der Waals surface area contributed by atoms with Crippen LogP contribution in [-0.4, -0.2) is 47.0 Å². The molecular formula is C17H24FNS2. The van der Waals surface area contributed by atoms with Crippen LogP contribution in [0.4, 0.5) is 4.39 Å². The van der Waals surface area contributed by atoms with E-state index in [0.29, 0.717) is 0 Å². The molecule has 2 fully saturated rings. The molecule has 1 aromatic rings. The molecule has 0 unspecified atom stereocenters. The Hall–Kier alpha value is -0.190. The van der Waals surface area contributed by atoms with Gasteiger partial charge in [-0.25, -0.2) is 4.39 Å². The van der Waals surface area contributed by atoms with Crippen molar-refractivity contribution in [2.24, 2.45) is 5.92 Å². The fourth-order valence-corrected chi connectivity index (χ4v) is 5.92. The Bertz CT molecular complexity index is 421. The zero-order chi connectivity index (χ0) is 14.5. The predicted octanol–water partition coefficient (Wildman–Crippen LogP) is 3.93. The third-order valence-electron chi connectivity index (χ3n) is 4.60.